The van der Waals surface area contributed by atoms with Crippen LogP contribution in [0.1, 0.15) is 0 Å². The summed E-state index contributed by atoms with van der Waals surface area (Å²) in [6.07, 6.45) is 0. The van der Waals surface area contributed by atoms with Crippen LogP contribution < -0.4 is 5.48 Å². The van der Waals surface area contributed by atoms with E-state index in [1.807, 2.05) is 5.48 Å². The fourth-order valence-corrected chi connectivity index (χ4v) is 0.110. The number of rotatable bonds is 0. The number of amidine groups is 1. The molecule has 0 atom stereocenters. The maximum absolute atomic E-state index is 7.83. The third kappa shape index (κ3) is 0.357. The van der Waals surface area contributed by atoms with E-state index in [1.54, 1.807) is 0 Å². The van der Waals surface area contributed by atoms with Gasteiger partial charge in [0.15, 0.2) is 0 Å². The zero-order chi connectivity index (χ0) is 3.70. The third-order valence-corrected chi connectivity index (χ3v) is 0.445. The lowest BCUT2D eigenvalue weighted by molar-refractivity contribution is 0.237. The number of hydrogen-bond donors (Lipinski definition) is 2. The Morgan fingerprint density at radius 1 is 2.00 bits per heavy atom. The van der Waals surface area contributed by atoms with Crippen LogP contribution in [0.15, 0.2) is 4.99 Å². The van der Waals surface area contributed by atoms with E-state index < -0.39 is 0 Å². The molecule has 1 aliphatic heterocycles. The minimum Gasteiger partial charge on any atom is -0.290 e. The molecule has 0 bridgehead atoms. The lowest BCUT2D eigenvalue weighted by atomic mass is 10.8. The van der Waals surface area contributed by atoms with E-state index in [1.165, 1.54) is 0 Å². The SMILES string of the molecule is ONC1=NC1. The van der Waals surface area contributed by atoms with Gasteiger partial charge >= 0.3 is 0 Å². The first kappa shape index (κ1) is 2.66. The highest BCUT2D eigenvalue weighted by atomic mass is 16.5. The molecular formula is C2H4N2O. The molecule has 1 heterocycles. The van der Waals surface area contributed by atoms with Crippen LogP contribution in [0.25, 0.3) is 0 Å². The van der Waals surface area contributed by atoms with Gasteiger partial charge in [-0.05, 0) is 0 Å². The molecular weight excluding hydrogens is 68.0 g/mol. The average Bonchev–Trinajstić information content (AvgIpc) is 2.12. The molecule has 5 heavy (non-hydrogen) atoms. The van der Waals surface area contributed by atoms with Gasteiger partial charge in [-0.2, -0.15) is 0 Å². The third-order valence-electron chi connectivity index (χ3n) is 0.445. The van der Waals surface area contributed by atoms with Crippen molar-refractivity contribution in [1.29, 1.82) is 0 Å². The molecule has 28 valence electrons. The monoisotopic (exact) mass is 72.0 g/mol. The van der Waals surface area contributed by atoms with Crippen molar-refractivity contribution in [1.82, 2.24) is 5.48 Å². The molecule has 0 saturated carbocycles. The zero-order valence-electron chi connectivity index (χ0n) is 2.60. The Labute approximate surface area is 29.3 Å². The smallest absolute Gasteiger partial charge is 0.142 e. The number of nitrogens with zero attached hydrogens (tertiary/aromatic N) is 1. The Balaban J connectivity index is 2.22. The molecule has 0 unspecified atom stereocenters. The zero-order valence-corrected chi connectivity index (χ0v) is 2.60. The summed E-state index contributed by atoms with van der Waals surface area (Å²) in [5.74, 6) is 0.685. The van der Waals surface area contributed by atoms with E-state index in [0.29, 0.717) is 12.4 Å². The van der Waals surface area contributed by atoms with Gasteiger partial charge in [-0.15, -0.1) is 0 Å². The van der Waals surface area contributed by atoms with Crippen LogP contribution in [0.4, 0.5) is 0 Å². The van der Waals surface area contributed by atoms with Crippen LogP contribution >= 0.6 is 0 Å². The standard InChI is InChI=1S/C2H4N2O/c5-4-2-1-3-2/h5H,1H2,(H,3,4). The number of hydroxylamine groups is 1. The van der Waals surface area contributed by atoms with Gasteiger partial charge in [-0.3, -0.25) is 15.7 Å². The minimum atomic E-state index is 0.685. The molecule has 0 spiro atoms. The van der Waals surface area contributed by atoms with Crippen LogP contribution in [-0.2, 0) is 0 Å². The van der Waals surface area contributed by atoms with Gasteiger partial charge in [0.2, 0.25) is 0 Å². The summed E-state index contributed by atoms with van der Waals surface area (Å²) in [6, 6.07) is 0. The fraction of sp³-hybridized carbons (Fsp3) is 0.500. The quantitative estimate of drug-likeness (QED) is 0.374. The van der Waals surface area contributed by atoms with Gasteiger partial charge in [-0.25, -0.2) is 0 Å². The second-order valence-corrected chi connectivity index (χ2v) is 0.875. The van der Waals surface area contributed by atoms with Crippen molar-refractivity contribution < 1.29 is 5.21 Å². The Kier molecular flexibility index (Phi) is 0.365. The van der Waals surface area contributed by atoms with Gasteiger partial charge in [0, 0.05) is 0 Å². The van der Waals surface area contributed by atoms with Crippen LogP contribution in [0.5, 0.6) is 0 Å². The van der Waals surface area contributed by atoms with Crippen LogP contribution in [-0.4, -0.2) is 17.6 Å². The highest BCUT2D eigenvalue weighted by Gasteiger charge is 2.04. The topological polar surface area (TPSA) is 44.6 Å². The first-order valence-corrected chi connectivity index (χ1v) is 1.37. The Morgan fingerprint density at radius 2 is 2.60 bits per heavy atom. The maximum atomic E-state index is 7.83. The Bertz CT molecular complexity index is 68.0. The van der Waals surface area contributed by atoms with Crippen LogP contribution in [0.2, 0.25) is 0 Å². The van der Waals surface area contributed by atoms with Gasteiger partial charge in [-0.1, -0.05) is 0 Å². The van der Waals surface area contributed by atoms with Crippen molar-refractivity contribution in [2.45, 2.75) is 0 Å². The van der Waals surface area contributed by atoms with E-state index in [0.717, 1.165) is 0 Å². The predicted molar refractivity (Wildman–Crippen MR) is 17.2 cm³/mol. The molecule has 1 rings (SSSR count). The predicted octanol–water partition coefficient (Wildman–Crippen LogP) is -0.623. The van der Waals surface area contributed by atoms with Gasteiger partial charge in [0.05, 0.1) is 0 Å². The van der Waals surface area contributed by atoms with E-state index in [-0.39, 0.29) is 0 Å². The molecule has 3 nitrogen and oxygen atoms in total. The summed E-state index contributed by atoms with van der Waals surface area (Å²) in [5, 5.41) is 7.83. The molecule has 0 amide bonds. The second kappa shape index (κ2) is 0.687. The minimum absolute atomic E-state index is 0.685. The summed E-state index contributed by atoms with van der Waals surface area (Å²) >= 11 is 0. The molecule has 0 aromatic rings. The highest BCUT2D eigenvalue weighted by Crippen LogP contribution is 1.87. The molecule has 2 N–H and O–H groups in total. The Morgan fingerprint density at radius 3 is 2.60 bits per heavy atom. The summed E-state index contributed by atoms with van der Waals surface area (Å²) in [7, 11) is 0. The molecule has 0 radical (unpaired) electrons. The van der Waals surface area contributed by atoms with Crippen molar-refractivity contribution in [3.8, 4) is 0 Å². The second-order valence-electron chi connectivity index (χ2n) is 0.875. The highest BCUT2D eigenvalue weighted by molar-refractivity contribution is 5.93. The molecule has 0 aliphatic carbocycles. The maximum Gasteiger partial charge on any atom is 0.142 e. The van der Waals surface area contributed by atoms with Gasteiger partial charge in [0.25, 0.3) is 0 Å². The largest absolute Gasteiger partial charge is 0.290 e. The summed E-state index contributed by atoms with van der Waals surface area (Å²) in [5.41, 5.74) is 1.89. The Hall–Kier alpha value is -0.570. The average molecular weight is 72.1 g/mol. The summed E-state index contributed by atoms with van der Waals surface area (Å²) in [6.45, 7) is 0.691. The summed E-state index contributed by atoms with van der Waals surface area (Å²) in [4.78, 5) is 3.58. The molecule has 0 aromatic carbocycles. The fourth-order valence-electron chi connectivity index (χ4n) is 0.110. The lowest BCUT2D eigenvalue weighted by Gasteiger charge is -1.72. The molecule has 0 aromatic heterocycles. The normalized spacial score (nSPS) is 17.4. The van der Waals surface area contributed by atoms with Crippen molar-refractivity contribution in [2.75, 3.05) is 6.54 Å². The molecule has 3 heteroatoms. The number of aliphatic imine (C=N–C) groups is 1. The van der Waals surface area contributed by atoms with Gasteiger partial charge in [0.1, 0.15) is 12.4 Å². The van der Waals surface area contributed by atoms with Crippen molar-refractivity contribution in [3.63, 3.8) is 0 Å². The number of nitrogens with one attached hydrogen (secondary N) is 1. The molecule has 0 fully saturated rings. The van der Waals surface area contributed by atoms with Crippen LogP contribution in [0, 0.1) is 0 Å². The van der Waals surface area contributed by atoms with Crippen molar-refractivity contribution in [3.05, 3.63) is 0 Å². The number of hydrogen-bond acceptors (Lipinski definition) is 3. The van der Waals surface area contributed by atoms with E-state index in [9.17, 15) is 0 Å². The summed E-state index contributed by atoms with van der Waals surface area (Å²) < 4.78 is 0. The van der Waals surface area contributed by atoms with E-state index >= 15 is 0 Å². The van der Waals surface area contributed by atoms with Crippen molar-refractivity contribution >= 4 is 5.84 Å². The lowest BCUT2D eigenvalue weighted by Crippen LogP contribution is -2.07. The van der Waals surface area contributed by atoms with E-state index in [2.05, 4.69) is 4.99 Å². The first-order valence-electron chi connectivity index (χ1n) is 1.37. The van der Waals surface area contributed by atoms with Crippen molar-refractivity contribution in [2.24, 2.45) is 4.99 Å². The van der Waals surface area contributed by atoms with Crippen LogP contribution in [0.3, 0.4) is 0 Å². The van der Waals surface area contributed by atoms with Gasteiger partial charge < -0.3 is 0 Å². The first-order chi connectivity index (χ1) is 2.43. The molecule has 1 aliphatic rings. The molecule has 0 saturated heterocycles. The van der Waals surface area contributed by atoms with E-state index in [4.69, 9.17) is 5.21 Å².